The van der Waals surface area contributed by atoms with Gasteiger partial charge in [0.05, 0.1) is 0 Å². The van der Waals surface area contributed by atoms with E-state index >= 15 is 0 Å². The zero-order chi connectivity index (χ0) is 16.4. The highest BCUT2D eigenvalue weighted by molar-refractivity contribution is 14.1. The fourth-order valence-electron chi connectivity index (χ4n) is 2.01. The molecule has 0 aliphatic heterocycles. The average Bonchev–Trinajstić information content (AvgIpc) is 2.47. The molecule has 0 heterocycles. The molecule has 0 aliphatic rings. The van der Waals surface area contributed by atoms with Crippen molar-refractivity contribution in [1.82, 2.24) is 0 Å². The summed E-state index contributed by atoms with van der Waals surface area (Å²) >= 11 is 4.71. The van der Waals surface area contributed by atoms with Crippen LogP contribution in [0, 0.1) is 7.14 Å². The Morgan fingerprint density at radius 1 is 0.773 bits per heavy atom. The normalized spacial score (nSPS) is 11.9. The maximum absolute atomic E-state index is 6.16. The van der Waals surface area contributed by atoms with Crippen LogP contribution in [0.3, 0.4) is 0 Å². The van der Waals surface area contributed by atoms with Gasteiger partial charge in [-0.3, -0.25) is 0 Å². The van der Waals surface area contributed by atoms with Gasteiger partial charge in [-0.2, -0.15) is 0 Å². The third kappa shape index (κ3) is 7.56. The molecule has 0 spiro atoms. The first-order valence-corrected chi connectivity index (χ1v) is 12.0. The van der Waals surface area contributed by atoms with E-state index in [9.17, 15) is 0 Å². The van der Waals surface area contributed by atoms with Crippen molar-refractivity contribution in [3.63, 3.8) is 0 Å². The molecule has 1 aromatic rings. The molecule has 6 heteroatoms. The van der Waals surface area contributed by atoms with Crippen LogP contribution in [0.4, 0.5) is 0 Å². The van der Waals surface area contributed by atoms with Crippen LogP contribution < -0.4 is 0 Å². The van der Waals surface area contributed by atoms with Gasteiger partial charge in [0.2, 0.25) is 0 Å². The van der Waals surface area contributed by atoms with Gasteiger partial charge in [0.15, 0.2) is 0 Å². The van der Waals surface area contributed by atoms with Crippen LogP contribution in [-0.4, -0.2) is 28.6 Å². The molecule has 0 saturated heterocycles. The second kappa shape index (κ2) is 11.4. The minimum absolute atomic E-state index is 0.695. The maximum Gasteiger partial charge on any atom is 0.505 e. The van der Waals surface area contributed by atoms with Crippen LogP contribution in [0.15, 0.2) is 18.2 Å². The van der Waals surface area contributed by atoms with Gasteiger partial charge in [-0.1, -0.05) is 20.8 Å². The van der Waals surface area contributed by atoms with E-state index < -0.39 is 8.80 Å². The van der Waals surface area contributed by atoms with E-state index in [4.69, 9.17) is 13.3 Å². The molecule has 0 saturated carbocycles. The second-order valence-electron chi connectivity index (χ2n) is 5.18. The smallest absolute Gasteiger partial charge is 0.373 e. The summed E-state index contributed by atoms with van der Waals surface area (Å²) in [7, 11) is -2.65. The maximum atomic E-state index is 6.16. The lowest BCUT2D eigenvalue weighted by Crippen LogP contribution is -2.49. The van der Waals surface area contributed by atoms with Crippen molar-refractivity contribution in [3.8, 4) is 0 Å². The molecule has 126 valence electrons. The van der Waals surface area contributed by atoms with Gasteiger partial charge in [-0.15, -0.1) is 0 Å². The first kappa shape index (κ1) is 20.8. The molecular formula is C16H26I2O3Si. The topological polar surface area (TPSA) is 27.7 Å². The van der Waals surface area contributed by atoms with Crippen molar-refractivity contribution in [2.24, 2.45) is 0 Å². The van der Waals surface area contributed by atoms with Crippen molar-refractivity contribution in [3.05, 3.63) is 30.9 Å². The molecule has 0 fully saturated rings. The highest BCUT2D eigenvalue weighted by Gasteiger charge is 2.41. The summed E-state index contributed by atoms with van der Waals surface area (Å²) < 4.78 is 20.9. The van der Waals surface area contributed by atoms with E-state index in [-0.39, 0.29) is 0 Å². The first-order valence-electron chi connectivity index (χ1n) is 7.92. The zero-order valence-corrected chi connectivity index (χ0v) is 19.0. The lowest BCUT2D eigenvalue weighted by atomic mass is 10.2. The van der Waals surface area contributed by atoms with Gasteiger partial charge in [-0.25, -0.2) is 0 Å². The van der Waals surface area contributed by atoms with Crippen LogP contribution in [-0.2, 0) is 19.3 Å². The van der Waals surface area contributed by atoms with Crippen LogP contribution in [0.5, 0.6) is 0 Å². The zero-order valence-electron chi connectivity index (χ0n) is 13.7. The molecule has 1 rings (SSSR count). The minimum atomic E-state index is -2.65. The Kier molecular flexibility index (Phi) is 10.7. The molecule has 1 aromatic carbocycles. The Bertz CT molecular complexity index is 401. The fraction of sp³-hybridized carbons (Fsp3) is 0.625. The van der Waals surface area contributed by atoms with Crippen molar-refractivity contribution in [2.75, 3.05) is 19.8 Å². The van der Waals surface area contributed by atoms with Crippen molar-refractivity contribution in [2.45, 2.75) is 46.1 Å². The quantitative estimate of drug-likeness (QED) is 0.282. The van der Waals surface area contributed by atoms with Gasteiger partial charge >= 0.3 is 8.80 Å². The van der Waals surface area contributed by atoms with Crippen LogP contribution in [0.25, 0.3) is 0 Å². The predicted molar refractivity (Wildman–Crippen MR) is 110 cm³/mol. The van der Waals surface area contributed by atoms with Crippen LogP contribution >= 0.6 is 45.2 Å². The first-order chi connectivity index (χ1) is 10.5. The third-order valence-electron chi connectivity index (χ3n) is 2.92. The van der Waals surface area contributed by atoms with Gasteiger partial charge in [-0.05, 0) is 88.2 Å². The summed E-state index contributed by atoms with van der Waals surface area (Å²) in [5.41, 5.74) is 1.24. The molecule has 0 amide bonds. The molecule has 3 nitrogen and oxygen atoms in total. The Labute approximate surface area is 163 Å². The molecule has 0 atom stereocenters. The highest BCUT2D eigenvalue weighted by Crippen LogP contribution is 2.22. The van der Waals surface area contributed by atoms with Crippen LogP contribution in [0.2, 0.25) is 0 Å². The van der Waals surface area contributed by atoms with Gasteiger partial charge < -0.3 is 13.3 Å². The van der Waals surface area contributed by atoms with E-state index in [2.05, 4.69) is 84.2 Å². The molecule has 0 N–H and O–H groups in total. The Morgan fingerprint density at radius 3 is 1.55 bits per heavy atom. The molecular weight excluding hydrogens is 522 g/mol. The highest BCUT2D eigenvalue weighted by atomic mass is 127. The lowest BCUT2D eigenvalue weighted by molar-refractivity contribution is 0.0583. The number of rotatable bonds is 11. The van der Waals surface area contributed by atoms with Gasteiger partial charge in [0, 0.05) is 33.0 Å². The number of hydrogen-bond acceptors (Lipinski definition) is 3. The Hall–Kier alpha value is 0.777. The summed E-state index contributed by atoms with van der Waals surface area (Å²) in [5, 5.41) is 0. The summed E-state index contributed by atoms with van der Waals surface area (Å²) in [5.74, 6) is 0. The van der Waals surface area contributed by atoms with Gasteiger partial charge in [0.25, 0.3) is 0 Å². The van der Waals surface area contributed by atoms with Crippen molar-refractivity contribution < 1.29 is 13.3 Å². The molecule has 0 bridgehead atoms. The van der Waals surface area contributed by atoms with E-state index in [1.807, 2.05) is 0 Å². The fourth-order valence-corrected chi connectivity index (χ4v) is 6.89. The lowest BCUT2D eigenvalue weighted by Gasteiger charge is -2.30. The monoisotopic (exact) mass is 548 g/mol. The third-order valence-corrected chi connectivity index (χ3v) is 6.94. The summed E-state index contributed by atoms with van der Waals surface area (Å²) in [6.07, 6.45) is 2.93. The number of hydrogen-bond donors (Lipinski definition) is 0. The standard InChI is InChI=1S/C16H26I2O3Si/c1-4-7-19-22(20-8-5-2,21-9-6-3)13-14-10-15(17)12-16(18)11-14/h10-12H,4-9,13H2,1-3H3. The SMILES string of the molecule is CCCO[Si](Cc1cc(I)cc(I)c1)(OCCC)OCCC. The number of benzene rings is 1. The summed E-state index contributed by atoms with van der Waals surface area (Å²) in [6, 6.07) is 7.31. The molecule has 0 radical (unpaired) electrons. The van der Waals surface area contributed by atoms with E-state index in [0.717, 1.165) is 25.3 Å². The van der Waals surface area contributed by atoms with E-state index in [1.54, 1.807) is 0 Å². The summed E-state index contributed by atoms with van der Waals surface area (Å²) in [4.78, 5) is 0. The van der Waals surface area contributed by atoms with E-state index in [0.29, 0.717) is 19.8 Å². The molecule has 0 unspecified atom stereocenters. The van der Waals surface area contributed by atoms with Gasteiger partial charge in [0.1, 0.15) is 0 Å². The minimum Gasteiger partial charge on any atom is -0.373 e. The van der Waals surface area contributed by atoms with Crippen molar-refractivity contribution >= 4 is 54.0 Å². The molecule has 0 aliphatic carbocycles. The second-order valence-corrected chi connectivity index (χ2v) is 10.3. The average molecular weight is 548 g/mol. The predicted octanol–water partition coefficient (Wildman–Crippen LogP) is 5.20. The van der Waals surface area contributed by atoms with Crippen molar-refractivity contribution in [1.29, 1.82) is 0 Å². The van der Waals surface area contributed by atoms with E-state index in [1.165, 1.54) is 12.7 Å². The largest absolute Gasteiger partial charge is 0.505 e. The Morgan fingerprint density at radius 2 is 1.18 bits per heavy atom. The summed E-state index contributed by atoms with van der Waals surface area (Å²) in [6.45, 7) is 8.44. The van der Waals surface area contributed by atoms with Crippen LogP contribution in [0.1, 0.15) is 45.6 Å². The number of halogens is 2. The molecule has 0 aromatic heterocycles. The molecule has 22 heavy (non-hydrogen) atoms. The Balaban J connectivity index is 2.97.